The molecule has 1 heterocycles. The summed E-state index contributed by atoms with van der Waals surface area (Å²) in [5.41, 5.74) is 2.25. The van der Waals surface area contributed by atoms with Crippen LogP contribution in [-0.4, -0.2) is 31.1 Å². The molecule has 2 rings (SSSR count). The van der Waals surface area contributed by atoms with Gasteiger partial charge < -0.3 is 15.4 Å². The first-order chi connectivity index (χ1) is 9.61. The van der Waals surface area contributed by atoms with E-state index in [-0.39, 0.29) is 11.8 Å². The number of ether oxygens (including phenoxy) is 1. The lowest BCUT2D eigenvalue weighted by molar-refractivity contribution is -0.146. The molecule has 0 saturated carbocycles. The Kier molecular flexibility index (Phi) is 4.61. The van der Waals surface area contributed by atoms with Crippen molar-refractivity contribution in [3.05, 3.63) is 29.8 Å². The SMILES string of the molecule is CCOC(=O)C(C)NC(=O)CC1CNc2ccccc21. The second-order valence-electron chi connectivity index (χ2n) is 4.91. The molecule has 2 unspecified atom stereocenters. The highest BCUT2D eigenvalue weighted by Crippen LogP contribution is 2.32. The first-order valence-electron chi connectivity index (χ1n) is 6.90. The molecule has 5 heteroatoms. The molecular weight excluding hydrogens is 256 g/mol. The van der Waals surface area contributed by atoms with Crippen LogP contribution in [0.25, 0.3) is 0 Å². The molecule has 0 fully saturated rings. The predicted molar refractivity (Wildman–Crippen MR) is 76.5 cm³/mol. The van der Waals surface area contributed by atoms with Gasteiger partial charge in [-0.25, -0.2) is 4.79 Å². The van der Waals surface area contributed by atoms with Gasteiger partial charge >= 0.3 is 5.97 Å². The maximum Gasteiger partial charge on any atom is 0.328 e. The number of para-hydroxylation sites is 1. The lowest BCUT2D eigenvalue weighted by Crippen LogP contribution is -2.40. The number of anilines is 1. The number of carbonyl (C=O) groups is 2. The van der Waals surface area contributed by atoms with E-state index in [1.165, 1.54) is 0 Å². The minimum absolute atomic E-state index is 0.131. The highest BCUT2D eigenvalue weighted by molar-refractivity contribution is 5.85. The van der Waals surface area contributed by atoms with Crippen molar-refractivity contribution in [3.63, 3.8) is 0 Å². The summed E-state index contributed by atoms with van der Waals surface area (Å²) in [5.74, 6) is -0.375. The van der Waals surface area contributed by atoms with Gasteiger partial charge in [0, 0.05) is 24.6 Å². The third kappa shape index (κ3) is 3.29. The van der Waals surface area contributed by atoms with Gasteiger partial charge in [-0.05, 0) is 25.5 Å². The monoisotopic (exact) mass is 276 g/mol. The van der Waals surface area contributed by atoms with Crippen LogP contribution in [0.2, 0.25) is 0 Å². The number of benzene rings is 1. The Hall–Kier alpha value is -2.04. The summed E-state index contributed by atoms with van der Waals surface area (Å²) in [5, 5.41) is 5.96. The van der Waals surface area contributed by atoms with E-state index in [0.29, 0.717) is 13.0 Å². The number of hydrogen-bond acceptors (Lipinski definition) is 4. The normalized spacial score (nSPS) is 17.8. The molecule has 0 spiro atoms. The van der Waals surface area contributed by atoms with E-state index in [1.54, 1.807) is 13.8 Å². The predicted octanol–water partition coefficient (Wildman–Crippen LogP) is 1.65. The molecule has 0 aliphatic carbocycles. The van der Waals surface area contributed by atoms with Crippen molar-refractivity contribution in [2.45, 2.75) is 32.2 Å². The van der Waals surface area contributed by atoms with Gasteiger partial charge in [0.15, 0.2) is 0 Å². The molecule has 1 aromatic rings. The first kappa shape index (κ1) is 14.4. The van der Waals surface area contributed by atoms with Gasteiger partial charge in [0.2, 0.25) is 5.91 Å². The molecule has 0 saturated heterocycles. The summed E-state index contributed by atoms with van der Waals surface area (Å²) in [7, 11) is 0. The summed E-state index contributed by atoms with van der Waals surface area (Å²) in [6.07, 6.45) is 0.369. The molecule has 1 aromatic carbocycles. The van der Waals surface area contributed by atoms with E-state index in [4.69, 9.17) is 4.74 Å². The smallest absolute Gasteiger partial charge is 0.328 e. The van der Waals surface area contributed by atoms with Crippen LogP contribution in [0.5, 0.6) is 0 Å². The van der Waals surface area contributed by atoms with Gasteiger partial charge in [0.05, 0.1) is 6.61 Å². The molecule has 0 radical (unpaired) electrons. The number of esters is 1. The molecule has 5 nitrogen and oxygen atoms in total. The maximum atomic E-state index is 12.0. The van der Waals surface area contributed by atoms with Crippen molar-refractivity contribution in [3.8, 4) is 0 Å². The van der Waals surface area contributed by atoms with Crippen molar-refractivity contribution in [2.24, 2.45) is 0 Å². The van der Waals surface area contributed by atoms with Gasteiger partial charge in [-0.1, -0.05) is 18.2 Å². The number of nitrogens with one attached hydrogen (secondary N) is 2. The zero-order valence-corrected chi connectivity index (χ0v) is 11.8. The van der Waals surface area contributed by atoms with Crippen molar-refractivity contribution in [1.29, 1.82) is 0 Å². The van der Waals surface area contributed by atoms with Crippen molar-refractivity contribution < 1.29 is 14.3 Å². The Morgan fingerprint density at radius 3 is 2.95 bits per heavy atom. The fourth-order valence-electron chi connectivity index (χ4n) is 2.39. The van der Waals surface area contributed by atoms with Crippen LogP contribution in [0.1, 0.15) is 31.7 Å². The van der Waals surface area contributed by atoms with E-state index in [0.717, 1.165) is 17.8 Å². The molecule has 1 aliphatic rings. The quantitative estimate of drug-likeness (QED) is 0.803. The third-order valence-electron chi connectivity index (χ3n) is 3.39. The Balaban J connectivity index is 1.88. The van der Waals surface area contributed by atoms with Gasteiger partial charge in [0.25, 0.3) is 0 Å². The fourth-order valence-corrected chi connectivity index (χ4v) is 2.39. The standard InChI is InChI=1S/C15H20N2O3/c1-3-20-15(19)10(2)17-14(18)8-11-9-16-13-7-5-4-6-12(11)13/h4-7,10-11,16H,3,8-9H2,1-2H3,(H,17,18). The average molecular weight is 276 g/mol. The maximum absolute atomic E-state index is 12.0. The molecule has 2 N–H and O–H groups in total. The summed E-state index contributed by atoms with van der Waals surface area (Å²) >= 11 is 0. The zero-order chi connectivity index (χ0) is 14.5. The van der Waals surface area contributed by atoms with Crippen LogP contribution in [0.4, 0.5) is 5.69 Å². The number of rotatable bonds is 5. The molecule has 0 bridgehead atoms. The number of hydrogen-bond donors (Lipinski definition) is 2. The highest BCUT2D eigenvalue weighted by atomic mass is 16.5. The van der Waals surface area contributed by atoms with E-state index in [9.17, 15) is 9.59 Å². The van der Waals surface area contributed by atoms with Crippen LogP contribution < -0.4 is 10.6 Å². The molecule has 0 aromatic heterocycles. The first-order valence-corrected chi connectivity index (χ1v) is 6.90. The van der Waals surface area contributed by atoms with Crippen LogP contribution >= 0.6 is 0 Å². The lowest BCUT2D eigenvalue weighted by atomic mass is 9.97. The van der Waals surface area contributed by atoms with E-state index in [1.807, 2.05) is 24.3 Å². The second-order valence-corrected chi connectivity index (χ2v) is 4.91. The minimum Gasteiger partial charge on any atom is -0.464 e. The molecule has 1 aliphatic heterocycles. The molecular formula is C15H20N2O3. The molecule has 108 valence electrons. The van der Waals surface area contributed by atoms with Crippen molar-refractivity contribution in [2.75, 3.05) is 18.5 Å². The molecule has 20 heavy (non-hydrogen) atoms. The largest absolute Gasteiger partial charge is 0.464 e. The van der Waals surface area contributed by atoms with Crippen molar-refractivity contribution >= 4 is 17.6 Å². The van der Waals surface area contributed by atoms with Gasteiger partial charge in [-0.3, -0.25) is 4.79 Å². The van der Waals surface area contributed by atoms with Gasteiger partial charge in [0.1, 0.15) is 6.04 Å². The minimum atomic E-state index is -0.605. The third-order valence-corrected chi connectivity index (χ3v) is 3.39. The Morgan fingerprint density at radius 2 is 2.20 bits per heavy atom. The van der Waals surface area contributed by atoms with Gasteiger partial charge in [-0.15, -0.1) is 0 Å². The number of amides is 1. The van der Waals surface area contributed by atoms with Crippen LogP contribution in [0.3, 0.4) is 0 Å². The van der Waals surface area contributed by atoms with Crippen LogP contribution in [-0.2, 0) is 14.3 Å². The number of carbonyl (C=O) groups excluding carboxylic acids is 2. The van der Waals surface area contributed by atoms with E-state index < -0.39 is 12.0 Å². The molecule has 2 atom stereocenters. The summed E-state index contributed by atoms with van der Waals surface area (Å²) in [6.45, 7) is 4.45. The lowest BCUT2D eigenvalue weighted by Gasteiger charge is -2.15. The van der Waals surface area contributed by atoms with E-state index >= 15 is 0 Å². The number of fused-ring (bicyclic) bond motifs is 1. The average Bonchev–Trinajstić information content (AvgIpc) is 2.82. The Bertz CT molecular complexity index is 502. The van der Waals surface area contributed by atoms with Gasteiger partial charge in [-0.2, -0.15) is 0 Å². The zero-order valence-electron chi connectivity index (χ0n) is 11.8. The highest BCUT2D eigenvalue weighted by Gasteiger charge is 2.25. The van der Waals surface area contributed by atoms with Crippen molar-refractivity contribution in [1.82, 2.24) is 5.32 Å². The topological polar surface area (TPSA) is 67.4 Å². The second kappa shape index (κ2) is 6.41. The van der Waals surface area contributed by atoms with E-state index in [2.05, 4.69) is 10.6 Å². The fraction of sp³-hybridized carbons (Fsp3) is 0.467. The van der Waals surface area contributed by atoms with Crippen LogP contribution in [0, 0.1) is 0 Å². The summed E-state index contributed by atoms with van der Waals surface area (Å²) < 4.78 is 4.86. The Labute approximate surface area is 118 Å². The molecule has 1 amide bonds. The summed E-state index contributed by atoms with van der Waals surface area (Å²) in [6, 6.07) is 7.37. The van der Waals surface area contributed by atoms with Crippen LogP contribution in [0.15, 0.2) is 24.3 Å². The Morgan fingerprint density at radius 1 is 1.45 bits per heavy atom. The summed E-state index contributed by atoms with van der Waals surface area (Å²) in [4.78, 5) is 23.4.